The van der Waals surface area contributed by atoms with Gasteiger partial charge in [0.2, 0.25) is 5.91 Å². The second-order valence-electron chi connectivity index (χ2n) is 5.71. The van der Waals surface area contributed by atoms with Crippen LogP contribution in [-0.4, -0.2) is 32.1 Å². The van der Waals surface area contributed by atoms with Crippen molar-refractivity contribution in [3.63, 3.8) is 0 Å². The van der Waals surface area contributed by atoms with Gasteiger partial charge >= 0.3 is 0 Å². The van der Waals surface area contributed by atoms with Gasteiger partial charge in [0.15, 0.2) is 0 Å². The number of benzene rings is 1. The number of amides is 1. The smallest absolute Gasteiger partial charge is 0.252 e. The molecular weight excluding hydrogens is 318 g/mol. The second kappa shape index (κ2) is 7.29. The maximum Gasteiger partial charge on any atom is 0.252 e. The first kappa shape index (κ1) is 16.9. The number of nitrogens with zero attached hydrogens (tertiary/aromatic N) is 4. The number of aryl methyl sites for hydroxylation is 2. The van der Waals surface area contributed by atoms with Crippen LogP contribution in [0.25, 0.3) is 5.78 Å². The molecule has 0 spiro atoms. The van der Waals surface area contributed by atoms with E-state index in [1.54, 1.807) is 4.52 Å². The van der Waals surface area contributed by atoms with Gasteiger partial charge in [0.05, 0.1) is 12.3 Å². The van der Waals surface area contributed by atoms with Crippen molar-refractivity contribution in [3.05, 3.63) is 47.5 Å². The van der Waals surface area contributed by atoms with Gasteiger partial charge in [-0.3, -0.25) is 4.79 Å². The minimum atomic E-state index is -0.0651. The third-order valence-corrected chi connectivity index (χ3v) is 4.05. The molecule has 0 atom stereocenters. The van der Waals surface area contributed by atoms with Crippen molar-refractivity contribution in [2.45, 2.75) is 33.6 Å². The van der Waals surface area contributed by atoms with Crippen LogP contribution in [0.1, 0.15) is 30.3 Å². The maximum absolute atomic E-state index is 12.4. The monoisotopic (exact) mass is 339 g/mol. The SMILES string of the molecule is CCOc1ccccc1NC(=O)CCc1c(C)nc2ncnn2c1C. The molecule has 0 aliphatic heterocycles. The first-order chi connectivity index (χ1) is 12.1. The standard InChI is InChI=1S/C18H21N5O2/c1-4-25-16-8-6-5-7-15(16)22-17(24)10-9-14-12(2)21-18-19-11-20-23(18)13(14)3/h5-8,11H,4,9-10H2,1-3H3,(H,22,24). The third kappa shape index (κ3) is 3.60. The number of carbonyl (C=O) groups is 1. The highest BCUT2D eigenvalue weighted by Crippen LogP contribution is 2.24. The molecule has 3 aromatic rings. The van der Waals surface area contributed by atoms with E-state index in [4.69, 9.17) is 4.74 Å². The third-order valence-electron chi connectivity index (χ3n) is 4.05. The van der Waals surface area contributed by atoms with E-state index in [0.717, 1.165) is 17.0 Å². The molecule has 0 aliphatic carbocycles. The average Bonchev–Trinajstić information content (AvgIpc) is 3.05. The highest BCUT2D eigenvalue weighted by molar-refractivity contribution is 5.92. The second-order valence-corrected chi connectivity index (χ2v) is 5.71. The Morgan fingerprint density at radius 1 is 1.28 bits per heavy atom. The molecule has 25 heavy (non-hydrogen) atoms. The molecule has 1 amide bonds. The van der Waals surface area contributed by atoms with E-state index in [-0.39, 0.29) is 5.91 Å². The summed E-state index contributed by atoms with van der Waals surface area (Å²) in [7, 11) is 0. The zero-order valence-electron chi connectivity index (χ0n) is 14.6. The van der Waals surface area contributed by atoms with Crippen molar-refractivity contribution in [3.8, 4) is 5.75 Å². The number of hydrogen-bond acceptors (Lipinski definition) is 5. The summed E-state index contributed by atoms with van der Waals surface area (Å²) in [6.45, 7) is 6.36. The summed E-state index contributed by atoms with van der Waals surface area (Å²) < 4.78 is 7.23. The molecule has 0 radical (unpaired) electrons. The molecule has 0 aliphatic rings. The number of nitrogens with one attached hydrogen (secondary N) is 1. The molecule has 0 unspecified atom stereocenters. The van der Waals surface area contributed by atoms with Crippen molar-refractivity contribution in [2.75, 3.05) is 11.9 Å². The van der Waals surface area contributed by atoms with Crippen LogP contribution in [0.15, 0.2) is 30.6 Å². The Labute approximate surface area is 146 Å². The van der Waals surface area contributed by atoms with Crippen molar-refractivity contribution < 1.29 is 9.53 Å². The summed E-state index contributed by atoms with van der Waals surface area (Å²) in [6, 6.07) is 7.43. The van der Waals surface area contributed by atoms with Crippen molar-refractivity contribution in [1.82, 2.24) is 19.6 Å². The average molecular weight is 339 g/mol. The van der Waals surface area contributed by atoms with Crippen molar-refractivity contribution >= 4 is 17.4 Å². The van der Waals surface area contributed by atoms with Gasteiger partial charge in [-0.25, -0.2) is 9.50 Å². The number of anilines is 1. The zero-order valence-corrected chi connectivity index (χ0v) is 14.6. The summed E-state index contributed by atoms with van der Waals surface area (Å²) in [6.07, 6.45) is 2.42. The molecule has 0 saturated carbocycles. The Balaban J connectivity index is 1.71. The molecule has 1 aromatic carbocycles. The lowest BCUT2D eigenvalue weighted by molar-refractivity contribution is -0.116. The fourth-order valence-electron chi connectivity index (χ4n) is 2.82. The highest BCUT2D eigenvalue weighted by Gasteiger charge is 2.13. The molecule has 7 heteroatoms. The van der Waals surface area contributed by atoms with E-state index in [0.29, 0.717) is 36.7 Å². The van der Waals surface area contributed by atoms with Crippen LogP contribution in [0.2, 0.25) is 0 Å². The van der Waals surface area contributed by atoms with Crippen molar-refractivity contribution in [2.24, 2.45) is 0 Å². The van der Waals surface area contributed by atoms with E-state index >= 15 is 0 Å². The van der Waals surface area contributed by atoms with E-state index in [1.165, 1.54) is 6.33 Å². The lowest BCUT2D eigenvalue weighted by atomic mass is 10.1. The van der Waals surface area contributed by atoms with Crippen LogP contribution in [0.4, 0.5) is 5.69 Å². The van der Waals surface area contributed by atoms with Crippen LogP contribution in [-0.2, 0) is 11.2 Å². The minimum absolute atomic E-state index is 0.0651. The van der Waals surface area contributed by atoms with Crippen LogP contribution in [0.3, 0.4) is 0 Å². The summed E-state index contributed by atoms with van der Waals surface area (Å²) in [5, 5.41) is 7.09. The normalized spacial score (nSPS) is 10.8. The summed E-state index contributed by atoms with van der Waals surface area (Å²) in [5.74, 6) is 1.19. The number of fused-ring (bicyclic) bond motifs is 1. The molecule has 2 heterocycles. The Morgan fingerprint density at radius 3 is 2.88 bits per heavy atom. The zero-order chi connectivity index (χ0) is 17.8. The molecule has 2 aromatic heterocycles. The molecule has 0 bridgehead atoms. The molecular formula is C18H21N5O2. The first-order valence-corrected chi connectivity index (χ1v) is 8.27. The predicted octanol–water partition coefficient (Wildman–Crippen LogP) is 2.71. The summed E-state index contributed by atoms with van der Waals surface area (Å²) >= 11 is 0. The lowest BCUT2D eigenvalue weighted by Gasteiger charge is -2.12. The van der Waals surface area contributed by atoms with Gasteiger partial charge in [0, 0.05) is 17.8 Å². The number of para-hydroxylation sites is 2. The fraction of sp³-hybridized carbons (Fsp3) is 0.333. The number of rotatable bonds is 6. The van der Waals surface area contributed by atoms with E-state index in [9.17, 15) is 4.79 Å². The van der Waals surface area contributed by atoms with E-state index < -0.39 is 0 Å². The van der Waals surface area contributed by atoms with Crippen LogP contribution in [0.5, 0.6) is 5.75 Å². The predicted molar refractivity (Wildman–Crippen MR) is 94.8 cm³/mol. The summed E-state index contributed by atoms with van der Waals surface area (Å²) in [5.41, 5.74) is 3.54. The Kier molecular flexibility index (Phi) is 4.92. The van der Waals surface area contributed by atoms with Gasteiger partial charge in [-0.05, 0) is 44.9 Å². The van der Waals surface area contributed by atoms with E-state index in [2.05, 4.69) is 20.4 Å². The fourth-order valence-corrected chi connectivity index (χ4v) is 2.82. The number of aromatic nitrogens is 4. The highest BCUT2D eigenvalue weighted by atomic mass is 16.5. The van der Waals surface area contributed by atoms with Gasteiger partial charge < -0.3 is 10.1 Å². The van der Waals surface area contributed by atoms with Gasteiger partial charge in [0.25, 0.3) is 5.78 Å². The molecule has 7 nitrogen and oxygen atoms in total. The van der Waals surface area contributed by atoms with Crippen LogP contribution >= 0.6 is 0 Å². The number of hydrogen-bond donors (Lipinski definition) is 1. The Hall–Kier alpha value is -2.96. The van der Waals surface area contributed by atoms with Crippen molar-refractivity contribution in [1.29, 1.82) is 0 Å². The van der Waals surface area contributed by atoms with Crippen LogP contribution in [0, 0.1) is 13.8 Å². The molecule has 130 valence electrons. The molecule has 3 rings (SSSR count). The maximum atomic E-state index is 12.4. The number of ether oxygens (including phenoxy) is 1. The Morgan fingerprint density at radius 2 is 2.08 bits per heavy atom. The number of carbonyl (C=O) groups excluding carboxylic acids is 1. The first-order valence-electron chi connectivity index (χ1n) is 8.27. The van der Waals surface area contributed by atoms with Gasteiger partial charge in [0.1, 0.15) is 12.1 Å². The Bertz CT molecular complexity index is 904. The summed E-state index contributed by atoms with van der Waals surface area (Å²) in [4.78, 5) is 20.9. The molecule has 1 N–H and O–H groups in total. The van der Waals surface area contributed by atoms with Gasteiger partial charge in [-0.2, -0.15) is 10.1 Å². The minimum Gasteiger partial charge on any atom is -0.492 e. The van der Waals surface area contributed by atoms with E-state index in [1.807, 2.05) is 45.0 Å². The van der Waals surface area contributed by atoms with Gasteiger partial charge in [-0.15, -0.1) is 0 Å². The largest absolute Gasteiger partial charge is 0.492 e. The molecule has 0 saturated heterocycles. The lowest BCUT2D eigenvalue weighted by Crippen LogP contribution is -2.15. The topological polar surface area (TPSA) is 81.4 Å². The quantitative estimate of drug-likeness (QED) is 0.747. The van der Waals surface area contributed by atoms with Gasteiger partial charge in [-0.1, -0.05) is 12.1 Å². The molecule has 0 fully saturated rings. The van der Waals surface area contributed by atoms with Crippen LogP contribution < -0.4 is 10.1 Å².